The van der Waals surface area contributed by atoms with Crippen molar-refractivity contribution in [2.75, 3.05) is 0 Å². The molecular formula is C24H40O4. The second-order valence-corrected chi connectivity index (χ2v) is 11.3. The lowest BCUT2D eigenvalue weighted by Crippen LogP contribution is -2.58. The second kappa shape index (κ2) is 7.27. The van der Waals surface area contributed by atoms with Crippen LogP contribution in [0.4, 0.5) is 0 Å². The van der Waals surface area contributed by atoms with Gasteiger partial charge in [0.15, 0.2) is 0 Å². The first-order valence-corrected chi connectivity index (χ1v) is 11.8. The highest BCUT2D eigenvalue weighted by atomic mass is 16.4. The first-order valence-electron chi connectivity index (χ1n) is 11.8. The molecule has 0 amide bonds. The highest BCUT2D eigenvalue weighted by Crippen LogP contribution is 2.68. The molecule has 4 rings (SSSR count). The van der Waals surface area contributed by atoms with E-state index >= 15 is 0 Å². The van der Waals surface area contributed by atoms with Crippen molar-refractivity contribution in [3.05, 3.63) is 0 Å². The van der Waals surface area contributed by atoms with Gasteiger partial charge in [0, 0.05) is 6.42 Å². The predicted octanol–water partition coefficient (Wildman–Crippen LogP) is 4.48. The number of aliphatic hydroxyl groups excluding tert-OH is 2. The van der Waals surface area contributed by atoms with Crippen molar-refractivity contribution in [2.45, 2.75) is 97.2 Å². The molecule has 0 aliphatic heterocycles. The average molecular weight is 393 g/mol. The molecule has 4 fully saturated rings. The van der Waals surface area contributed by atoms with Crippen molar-refractivity contribution in [2.24, 2.45) is 46.3 Å². The van der Waals surface area contributed by atoms with E-state index in [1.807, 2.05) is 0 Å². The number of carboxylic acid groups (broad SMARTS) is 1. The monoisotopic (exact) mass is 392 g/mol. The fourth-order valence-electron chi connectivity index (χ4n) is 8.71. The Balaban J connectivity index is 1.56. The lowest BCUT2D eigenvalue weighted by Gasteiger charge is -2.62. The molecule has 0 unspecified atom stereocenters. The van der Waals surface area contributed by atoms with E-state index in [9.17, 15) is 15.0 Å². The first kappa shape index (κ1) is 20.7. The SMILES string of the molecule is C[C@H](CCC(=O)O)[C@@H]1CC[C@H]2[C@@H]3CC[C@@H]4C[C@H](O)CC[C@]4(C)[C@@H]3C[C@H](O)[C@@]21C. The van der Waals surface area contributed by atoms with Gasteiger partial charge in [-0.25, -0.2) is 0 Å². The maximum absolute atomic E-state index is 11.5. The van der Waals surface area contributed by atoms with Gasteiger partial charge in [-0.15, -0.1) is 0 Å². The standard InChI is InChI=1S/C24H40O4/c1-14(4-9-22(27)28)18-7-8-19-17-6-5-15-12-16(25)10-11-23(15,2)20(17)13-21(26)24(18,19)3/h14-21,25-26H,4-13H2,1-3H3,(H,27,28)/t14-,15-,16-,17+,18+,19+,20-,21+,23+,24-/m1/s1. The van der Waals surface area contributed by atoms with Crippen LogP contribution in [0.2, 0.25) is 0 Å². The summed E-state index contributed by atoms with van der Waals surface area (Å²) in [6.07, 6.45) is 9.26. The number of hydrogen-bond donors (Lipinski definition) is 3. The molecule has 3 N–H and O–H groups in total. The molecule has 4 aliphatic rings. The predicted molar refractivity (Wildman–Crippen MR) is 109 cm³/mol. The Labute approximate surface area is 170 Å². The van der Waals surface area contributed by atoms with Crippen LogP contribution in [-0.4, -0.2) is 33.5 Å². The largest absolute Gasteiger partial charge is 0.481 e. The molecule has 0 aromatic carbocycles. The van der Waals surface area contributed by atoms with Crippen LogP contribution in [0, 0.1) is 46.3 Å². The van der Waals surface area contributed by atoms with Crippen LogP contribution < -0.4 is 0 Å². The van der Waals surface area contributed by atoms with E-state index in [0.29, 0.717) is 35.5 Å². The molecule has 0 aromatic rings. The van der Waals surface area contributed by atoms with E-state index in [1.165, 1.54) is 19.3 Å². The summed E-state index contributed by atoms with van der Waals surface area (Å²) in [5.74, 6) is 2.55. The van der Waals surface area contributed by atoms with Crippen molar-refractivity contribution < 1.29 is 20.1 Å². The zero-order valence-corrected chi connectivity index (χ0v) is 17.9. The molecular weight excluding hydrogens is 352 g/mol. The number of rotatable bonds is 4. The Kier molecular flexibility index (Phi) is 5.36. The van der Waals surface area contributed by atoms with E-state index in [0.717, 1.165) is 38.5 Å². The topological polar surface area (TPSA) is 77.8 Å². The van der Waals surface area contributed by atoms with E-state index in [1.54, 1.807) is 0 Å². The van der Waals surface area contributed by atoms with Gasteiger partial charge in [0.25, 0.3) is 0 Å². The molecule has 4 heteroatoms. The maximum Gasteiger partial charge on any atom is 0.303 e. The minimum Gasteiger partial charge on any atom is -0.481 e. The summed E-state index contributed by atoms with van der Waals surface area (Å²) in [5.41, 5.74) is 0.216. The summed E-state index contributed by atoms with van der Waals surface area (Å²) in [6, 6.07) is 0. The smallest absolute Gasteiger partial charge is 0.303 e. The molecule has 4 aliphatic carbocycles. The zero-order chi connectivity index (χ0) is 20.3. The van der Waals surface area contributed by atoms with Crippen LogP contribution in [0.15, 0.2) is 0 Å². The van der Waals surface area contributed by atoms with Crippen molar-refractivity contribution in [1.29, 1.82) is 0 Å². The fraction of sp³-hybridized carbons (Fsp3) is 0.958. The van der Waals surface area contributed by atoms with Crippen molar-refractivity contribution in [1.82, 2.24) is 0 Å². The third kappa shape index (κ3) is 3.05. The minimum atomic E-state index is -0.707. The van der Waals surface area contributed by atoms with E-state index in [-0.39, 0.29) is 29.5 Å². The van der Waals surface area contributed by atoms with Crippen molar-refractivity contribution in [3.8, 4) is 0 Å². The molecule has 4 nitrogen and oxygen atoms in total. The van der Waals surface area contributed by atoms with Gasteiger partial charge in [-0.3, -0.25) is 4.79 Å². The Morgan fingerprint density at radius 2 is 1.79 bits per heavy atom. The third-order valence-corrected chi connectivity index (χ3v) is 10.3. The van der Waals surface area contributed by atoms with Gasteiger partial charge in [-0.1, -0.05) is 20.8 Å². The summed E-state index contributed by atoms with van der Waals surface area (Å²) >= 11 is 0. The summed E-state index contributed by atoms with van der Waals surface area (Å²) in [4.78, 5) is 11.1. The van der Waals surface area contributed by atoms with E-state index < -0.39 is 5.97 Å². The Morgan fingerprint density at radius 3 is 2.50 bits per heavy atom. The van der Waals surface area contributed by atoms with Gasteiger partial charge in [-0.05, 0) is 104 Å². The van der Waals surface area contributed by atoms with Gasteiger partial charge in [0.1, 0.15) is 0 Å². The van der Waals surface area contributed by atoms with Gasteiger partial charge < -0.3 is 15.3 Å². The van der Waals surface area contributed by atoms with Crippen LogP contribution in [0.5, 0.6) is 0 Å². The molecule has 0 bridgehead atoms. The highest BCUT2D eigenvalue weighted by molar-refractivity contribution is 5.66. The van der Waals surface area contributed by atoms with Crippen LogP contribution >= 0.6 is 0 Å². The highest BCUT2D eigenvalue weighted by Gasteiger charge is 2.63. The summed E-state index contributed by atoms with van der Waals surface area (Å²) in [5, 5.41) is 30.8. The van der Waals surface area contributed by atoms with Gasteiger partial charge in [0.05, 0.1) is 12.2 Å². The maximum atomic E-state index is 11.5. The Hall–Kier alpha value is -0.610. The van der Waals surface area contributed by atoms with Crippen LogP contribution in [0.3, 0.4) is 0 Å². The summed E-state index contributed by atoms with van der Waals surface area (Å²) < 4.78 is 0. The molecule has 28 heavy (non-hydrogen) atoms. The number of carbonyl (C=O) groups is 1. The van der Waals surface area contributed by atoms with E-state index in [2.05, 4.69) is 20.8 Å². The van der Waals surface area contributed by atoms with Crippen LogP contribution in [0.25, 0.3) is 0 Å². The lowest BCUT2D eigenvalue weighted by molar-refractivity contribution is -0.175. The van der Waals surface area contributed by atoms with Gasteiger partial charge >= 0.3 is 5.97 Å². The molecule has 4 saturated carbocycles. The number of aliphatic carboxylic acids is 1. The number of carboxylic acids is 1. The molecule has 160 valence electrons. The number of fused-ring (bicyclic) bond motifs is 5. The third-order valence-electron chi connectivity index (χ3n) is 10.3. The van der Waals surface area contributed by atoms with Crippen LogP contribution in [-0.2, 0) is 4.79 Å². The quantitative estimate of drug-likeness (QED) is 0.659. The van der Waals surface area contributed by atoms with Gasteiger partial charge in [-0.2, -0.15) is 0 Å². The van der Waals surface area contributed by atoms with Gasteiger partial charge in [0.2, 0.25) is 0 Å². The normalized spacial score (nSPS) is 51.7. The first-order chi connectivity index (χ1) is 13.2. The molecule has 0 spiro atoms. The Morgan fingerprint density at radius 1 is 1.04 bits per heavy atom. The molecule has 10 atom stereocenters. The second-order valence-electron chi connectivity index (χ2n) is 11.3. The minimum absolute atomic E-state index is 0.0591. The van der Waals surface area contributed by atoms with Crippen molar-refractivity contribution >= 4 is 5.97 Å². The molecule has 0 saturated heterocycles. The molecule has 0 heterocycles. The van der Waals surface area contributed by atoms with Crippen LogP contribution in [0.1, 0.15) is 85.0 Å². The molecule has 0 radical (unpaired) electrons. The summed E-state index contributed by atoms with van der Waals surface area (Å²) in [7, 11) is 0. The van der Waals surface area contributed by atoms with E-state index in [4.69, 9.17) is 5.11 Å². The Bertz CT molecular complexity index is 605. The average Bonchev–Trinajstić information content (AvgIpc) is 3.00. The summed E-state index contributed by atoms with van der Waals surface area (Å²) in [6.45, 7) is 6.99. The zero-order valence-electron chi connectivity index (χ0n) is 17.9. The number of aliphatic hydroxyl groups is 2. The lowest BCUT2D eigenvalue weighted by atomic mass is 9.43. The molecule has 0 aromatic heterocycles. The number of hydrogen-bond acceptors (Lipinski definition) is 3. The fourth-order valence-corrected chi connectivity index (χ4v) is 8.71. The van der Waals surface area contributed by atoms with Crippen molar-refractivity contribution in [3.63, 3.8) is 0 Å².